The van der Waals surface area contributed by atoms with Gasteiger partial charge in [0.2, 0.25) is 0 Å². The Balaban J connectivity index is 2.80. The van der Waals surface area contributed by atoms with Crippen molar-refractivity contribution < 1.29 is 0 Å². The zero-order chi connectivity index (χ0) is 6.24. The summed E-state index contributed by atoms with van der Waals surface area (Å²) in [6.07, 6.45) is 5.43. The lowest BCUT2D eigenvalue weighted by atomic mass is 10.3. The molecular formula is C6H14N2. The quantitative estimate of drug-likeness (QED) is 0.432. The molecule has 0 aromatic carbocycles. The minimum absolute atomic E-state index is 0.434. The lowest BCUT2D eigenvalue weighted by molar-refractivity contribution is 0.839. The van der Waals surface area contributed by atoms with E-state index in [4.69, 9.17) is 5.73 Å². The van der Waals surface area contributed by atoms with E-state index >= 15 is 0 Å². The average molecular weight is 114 g/mol. The van der Waals surface area contributed by atoms with Crippen LogP contribution in [0.3, 0.4) is 0 Å². The first-order valence-electron chi connectivity index (χ1n) is 3.10. The molecular weight excluding hydrogens is 100 g/mol. The molecule has 0 bridgehead atoms. The summed E-state index contributed by atoms with van der Waals surface area (Å²) in [5.41, 5.74) is 5.11. The highest BCUT2D eigenvalue weighted by Gasteiger charge is 1.75. The van der Waals surface area contributed by atoms with Gasteiger partial charge in [-0.05, 0) is 12.8 Å². The van der Waals surface area contributed by atoms with Crippen molar-refractivity contribution in [3.63, 3.8) is 0 Å². The standard InChI is InChI=1S/C6H14N2/c1-2-3-4-5-8-6-7/h5H,2-4,6-7H2,1H3. The predicted octanol–water partition coefficient (Wildman–Crippen LogP) is 1.16. The number of hydrogen-bond acceptors (Lipinski definition) is 2. The summed E-state index contributed by atoms with van der Waals surface area (Å²) in [5.74, 6) is 0. The van der Waals surface area contributed by atoms with E-state index in [1.54, 1.807) is 0 Å². The number of unbranched alkanes of at least 4 members (excludes halogenated alkanes) is 2. The van der Waals surface area contributed by atoms with Gasteiger partial charge in [-0.25, -0.2) is 0 Å². The average Bonchev–Trinajstić information content (AvgIpc) is 1.81. The zero-order valence-electron chi connectivity index (χ0n) is 5.43. The molecule has 0 aromatic rings. The number of nitrogens with zero attached hydrogens (tertiary/aromatic N) is 1. The molecule has 2 N–H and O–H groups in total. The van der Waals surface area contributed by atoms with E-state index in [9.17, 15) is 0 Å². The minimum Gasteiger partial charge on any atom is -0.312 e. The number of nitrogens with two attached hydrogens (primary N) is 1. The third-order valence-electron chi connectivity index (χ3n) is 0.921. The number of aliphatic imine (C=N–C) groups is 1. The van der Waals surface area contributed by atoms with Crippen LogP contribution in [-0.2, 0) is 0 Å². The summed E-state index contributed by atoms with van der Waals surface area (Å²) < 4.78 is 0. The highest BCUT2D eigenvalue weighted by atomic mass is 14.8. The van der Waals surface area contributed by atoms with E-state index < -0.39 is 0 Å². The van der Waals surface area contributed by atoms with Gasteiger partial charge in [-0.3, -0.25) is 4.99 Å². The predicted molar refractivity (Wildman–Crippen MR) is 37.1 cm³/mol. The SMILES string of the molecule is CCCCC=NCN. The fourth-order valence-corrected chi connectivity index (χ4v) is 0.461. The van der Waals surface area contributed by atoms with Crippen LogP contribution in [0.1, 0.15) is 26.2 Å². The molecule has 0 spiro atoms. The van der Waals surface area contributed by atoms with Crippen LogP contribution in [0, 0.1) is 0 Å². The molecule has 8 heavy (non-hydrogen) atoms. The Morgan fingerprint density at radius 3 is 2.88 bits per heavy atom. The summed E-state index contributed by atoms with van der Waals surface area (Å²) in [7, 11) is 0. The summed E-state index contributed by atoms with van der Waals surface area (Å²) in [6, 6.07) is 0. The highest BCUT2D eigenvalue weighted by Crippen LogP contribution is 1.88. The Morgan fingerprint density at radius 1 is 1.62 bits per heavy atom. The van der Waals surface area contributed by atoms with Gasteiger partial charge >= 0.3 is 0 Å². The lowest BCUT2D eigenvalue weighted by Crippen LogP contribution is -1.93. The van der Waals surface area contributed by atoms with Gasteiger partial charge in [0.15, 0.2) is 0 Å². The molecule has 0 aliphatic heterocycles. The van der Waals surface area contributed by atoms with Crippen LogP contribution in [0.4, 0.5) is 0 Å². The topological polar surface area (TPSA) is 38.4 Å². The molecule has 0 saturated heterocycles. The monoisotopic (exact) mass is 114 g/mol. The highest BCUT2D eigenvalue weighted by molar-refractivity contribution is 5.56. The van der Waals surface area contributed by atoms with Gasteiger partial charge in [0.05, 0.1) is 6.67 Å². The summed E-state index contributed by atoms with van der Waals surface area (Å²) in [5, 5.41) is 0. The molecule has 0 aliphatic rings. The summed E-state index contributed by atoms with van der Waals surface area (Å²) >= 11 is 0. The van der Waals surface area contributed by atoms with Crippen LogP contribution in [0.2, 0.25) is 0 Å². The molecule has 0 amide bonds. The first-order chi connectivity index (χ1) is 3.91. The van der Waals surface area contributed by atoms with Gasteiger partial charge in [0.1, 0.15) is 0 Å². The molecule has 0 atom stereocenters. The van der Waals surface area contributed by atoms with Crippen LogP contribution in [0.5, 0.6) is 0 Å². The van der Waals surface area contributed by atoms with E-state index in [1.165, 1.54) is 12.8 Å². The van der Waals surface area contributed by atoms with Gasteiger partial charge in [0, 0.05) is 6.21 Å². The Bertz CT molecular complexity index is 59.5. The summed E-state index contributed by atoms with van der Waals surface area (Å²) in [4.78, 5) is 3.86. The normalized spacial score (nSPS) is 10.8. The van der Waals surface area contributed by atoms with Gasteiger partial charge in [0.25, 0.3) is 0 Å². The zero-order valence-corrected chi connectivity index (χ0v) is 5.43. The molecule has 0 saturated carbocycles. The van der Waals surface area contributed by atoms with E-state index in [1.807, 2.05) is 6.21 Å². The molecule has 2 heteroatoms. The number of hydrogen-bond donors (Lipinski definition) is 1. The van der Waals surface area contributed by atoms with Gasteiger partial charge in [-0.15, -0.1) is 0 Å². The lowest BCUT2D eigenvalue weighted by Gasteiger charge is -1.85. The molecule has 2 nitrogen and oxygen atoms in total. The largest absolute Gasteiger partial charge is 0.312 e. The van der Waals surface area contributed by atoms with Crippen LogP contribution < -0.4 is 5.73 Å². The van der Waals surface area contributed by atoms with Crippen molar-refractivity contribution in [2.75, 3.05) is 6.67 Å². The molecule has 0 fully saturated rings. The fraction of sp³-hybridized carbons (Fsp3) is 0.833. The summed E-state index contributed by atoms with van der Waals surface area (Å²) in [6.45, 7) is 2.60. The van der Waals surface area contributed by atoms with E-state index in [-0.39, 0.29) is 0 Å². The van der Waals surface area contributed by atoms with Gasteiger partial charge in [-0.2, -0.15) is 0 Å². The molecule has 0 unspecified atom stereocenters. The van der Waals surface area contributed by atoms with Crippen molar-refractivity contribution >= 4 is 6.21 Å². The Kier molecular flexibility index (Phi) is 6.32. The molecule has 0 rings (SSSR count). The maximum Gasteiger partial charge on any atom is 0.0855 e. The Hall–Kier alpha value is -0.370. The third kappa shape index (κ3) is 5.63. The van der Waals surface area contributed by atoms with Crippen molar-refractivity contribution in [1.29, 1.82) is 0 Å². The smallest absolute Gasteiger partial charge is 0.0855 e. The van der Waals surface area contributed by atoms with Crippen LogP contribution in [0.15, 0.2) is 4.99 Å². The molecule has 48 valence electrons. The van der Waals surface area contributed by atoms with Crippen molar-refractivity contribution in [1.82, 2.24) is 0 Å². The first kappa shape index (κ1) is 7.63. The molecule has 0 heterocycles. The van der Waals surface area contributed by atoms with E-state index in [0.29, 0.717) is 6.67 Å². The molecule has 0 radical (unpaired) electrons. The van der Waals surface area contributed by atoms with Crippen molar-refractivity contribution in [2.24, 2.45) is 10.7 Å². The Labute approximate surface area is 50.8 Å². The van der Waals surface area contributed by atoms with Crippen molar-refractivity contribution in [2.45, 2.75) is 26.2 Å². The Morgan fingerprint density at radius 2 is 2.38 bits per heavy atom. The fourth-order valence-electron chi connectivity index (χ4n) is 0.461. The molecule has 0 aromatic heterocycles. The molecule has 0 aliphatic carbocycles. The second kappa shape index (κ2) is 6.63. The van der Waals surface area contributed by atoms with Crippen molar-refractivity contribution in [3.8, 4) is 0 Å². The van der Waals surface area contributed by atoms with Crippen LogP contribution >= 0.6 is 0 Å². The van der Waals surface area contributed by atoms with Crippen LogP contribution in [-0.4, -0.2) is 12.9 Å². The maximum absolute atomic E-state index is 5.11. The number of rotatable bonds is 4. The maximum atomic E-state index is 5.11. The van der Waals surface area contributed by atoms with Gasteiger partial charge < -0.3 is 5.73 Å². The second-order valence-corrected chi connectivity index (χ2v) is 1.69. The van der Waals surface area contributed by atoms with E-state index in [2.05, 4.69) is 11.9 Å². The van der Waals surface area contributed by atoms with Crippen molar-refractivity contribution in [3.05, 3.63) is 0 Å². The second-order valence-electron chi connectivity index (χ2n) is 1.69. The third-order valence-corrected chi connectivity index (χ3v) is 0.921. The first-order valence-corrected chi connectivity index (χ1v) is 3.10. The van der Waals surface area contributed by atoms with E-state index in [0.717, 1.165) is 6.42 Å². The minimum atomic E-state index is 0.434. The van der Waals surface area contributed by atoms with Gasteiger partial charge in [-0.1, -0.05) is 13.3 Å². The van der Waals surface area contributed by atoms with Crippen LogP contribution in [0.25, 0.3) is 0 Å².